The van der Waals surface area contributed by atoms with Crippen molar-refractivity contribution in [3.8, 4) is 22.6 Å². The molecular formula is C26H28FN9. The first-order chi connectivity index (χ1) is 17.5. The number of aromatic amines is 2. The van der Waals surface area contributed by atoms with Crippen molar-refractivity contribution in [3.63, 3.8) is 0 Å². The Balaban J connectivity index is 1.42. The second-order valence-corrected chi connectivity index (χ2v) is 9.68. The summed E-state index contributed by atoms with van der Waals surface area (Å²) in [5.74, 6) is 0.188. The number of halogens is 1. The van der Waals surface area contributed by atoms with Gasteiger partial charge in [0.1, 0.15) is 16.7 Å². The van der Waals surface area contributed by atoms with Gasteiger partial charge in [0, 0.05) is 62.3 Å². The van der Waals surface area contributed by atoms with E-state index in [-0.39, 0.29) is 5.52 Å². The Morgan fingerprint density at radius 2 is 1.89 bits per heavy atom. The van der Waals surface area contributed by atoms with Gasteiger partial charge >= 0.3 is 0 Å². The molecule has 6 rings (SSSR count). The Labute approximate surface area is 208 Å². The molecular weight excluding hydrogens is 457 g/mol. The molecule has 184 valence electrons. The molecule has 1 aliphatic rings. The number of H-pyrrole nitrogens is 2. The molecule has 0 radical (unpaired) electrons. The summed E-state index contributed by atoms with van der Waals surface area (Å²) in [5, 5.41) is 7.91. The van der Waals surface area contributed by atoms with Crippen LogP contribution < -0.4 is 4.90 Å². The van der Waals surface area contributed by atoms with Gasteiger partial charge in [0.05, 0.1) is 5.69 Å². The van der Waals surface area contributed by atoms with Crippen molar-refractivity contribution in [2.45, 2.75) is 6.54 Å². The molecule has 0 unspecified atom stereocenters. The fourth-order valence-electron chi connectivity index (χ4n) is 4.85. The Kier molecular flexibility index (Phi) is 5.62. The van der Waals surface area contributed by atoms with E-state index in [9.17, 15) is 0 Å². The van der Waals surface area contributed by atoms with Crippen LogP contribution in [0.25, 0.3) is 44.7 Å². The van der Waals surface area contributed by atoms with E-state index < -0.39 is 5.82 Å². The zero-order valence-corrected chi connectivity index (χ0v) is 20.6. The van der Waals surface area contributed by atoms with E-state index in [2.05, 4.69) is 46.9 Å². The summed E-state index contributed by atoms with van der Waals surface area (Å²) in [6.07, 6.45) is 5.38. The molecule has 1 aromatic carbocycles. The molecule has 5 heterocycles. The normalized spacial score (nSPS) is 15.0. The van der Waals surface area contributed by atoms with Gasteiger partial charge in [-0.3, -0.25) is 10.1 Å². The van der Waals surface area contributed by atoms with Gasteiger partial charge in [-0.25, -0.2) is 14.4 Å². The second kappa shape index (κ2) is 8.96. The van der Waals surface area contributed by atoms with Crippen LogP contribution in [0.15, 0.2) is 42.9 Å². The summed E-state index contributed by atoms with van der Waals surface area (Å²) >= 11 is 0. The number of imidazole rings is 1. The second-order valence-electron chi connectivity index (χ2n) is 9.68. The van der Waals surface area contributed by atoms with Crippen molar-refractivity contribution in [2.24, 2.45) is 0 Å². The first-order valence-electron chi connectivity index (χ1n) is 12.0. The zero-order chi connectivity index (χ0) is 24.8. The molecule has 0 saturated carbocycles. The number of rotatable bonds is 5. The summed E-state index contributed by atoms with van der Waals surface area (Å²) in [7, 11) is 6.15. The minimum Gasteiger partial charge on any atom is -0.367 e. The molecule has 1 aliphatic heterocycles. The van der Waals surface area contributed by atoms with Crippen LogP contribution in [0.2, 0.25) is 0 Å². The summed E-state index contributed by atoms with van der Waals surface area (Å²) < 4.78 is 15.2. The molecule has 0 atom stereocenters. The van der Waals surface area contributed by atoms with Gasteiger partial charge in [0.25, 0.3) is 0 Å². The predicted octanol–water partition coefficient (Wildman–Crippen LogP) is 3.52. The maximum Gasteiger partial charge on any atom is 0.180 e. The average Bonchev–Trinajstić information content (AvgIpc) is 3.48. The highest BCUT2D eigenvalue weighted by Gasteiger charge is 2.21. The van der Waals surface area contributed by atoms with Gasteiger partial charge in [0.2, 0.25) is 0 Å². The van der Waals surface area contributed by atoms with Crippen LogP contribution >= 0.6 is 0 Å². The minimum atomic E-state index is -0.393. The number of benzene rings is 1. The van der Waals surface area contributed by atoms with Gasteiger partial charge in [-0.1, -0.05) is 0 Å². The average molecular weight is 486 g/mol. The monoisotopic (exact) mass is 485 g/mol. The molecule has 36 heavy (non-hydrogen) atoms. The lowest BCUT2D eigenvalue weighted by atomic mass is 10.0. The number of pyridine rings is 2. The highest BCUT2D eigenvalue weighted by atomic mass is 19.1. The SMILES string of the molecule is CN(C)Cc1cncc(-c2cc(F)c3n[nH]c(-c4nc5nccc(N6CCN(C)CC6)c5[nH]4)c3c2)c1. The molecule has 5 aromatic rings. The van der Waals surface area contributed by atoms with E-state index in [1.165, 1.54) is 6.07 Å². The van der Waals surface area contributed by atoms with Crippen LogP contribution in [-0.4, -0.2) is 87.3 Å². The van der Waals surface area contributed by atoms with Crippen molar-refractivity contribution in [1.82, 2.24) is 39.9 Å². The smallest absolute Gasteiger partial charge is 0.180 e. The standard InChI is InChI=1S/C26H28FN9/c1-34(2)15-16-10-18(14-28-13-16)17-11-19-22(20(27)12-17)32-33-23(19)26-30-24-21(4-5-29-25(24)31-26)36-8-6-35(3)7-9-36/h4-5,10-14H,6-9,15H2,1-3H3,(H,32,33)(H,29,30,31). The Morgan fingerprint density at radius 3 is 2.69 bits per heavy atom. The number of hydrogen-bond donors (Lipinski definition) is 2. The largest absolute Gasteiger partial charge is 0.367 e. The quantitative estimate of drug-likeness (QED) is 0.394. The number of aromatic nitrogens is 6. The lowest BCUT2D eigenvalue weighted by Crippen LogP contribution is -2.44. The molecule has 1 fully saturated rings. The molecule has 0 amide bonds. The summed E-state index contributed by atoms with van der Waals surface area (Å²) in [4.78, 5) is 23.8. The zero-order valence-electron chi connectivity index (χ0n) is 20.6. The molecule has 1 saturated heterocycles. The Morgan fingerprint density at radius 1 is 1.06 bits per heavy atom. The molecule has 2 N–H and O–H groups in total. The minimum absolute atomic E-state index is 0.277. The highest BCUT2D eigenvalue weighted by molar-refractivity contribution is 5.97. The van der Waals surface area contributed by atoms with E-state index in [1.807, 2.05) is 38.5 Å². The van der Waals surface area contributed by atoms with E-state index in [1.54, 1.807) is 12.4 Å². The first kappa shape index (κ1) is 22.6. The number of hydrogen-bond acceptors (Lipinski definition) is 7. The topological polar surface area (TPSA) is 92.9 Å². The third-order valence-electron chi connectivity index (χ3n) is 6.69. The van der Waals surface area contributed by atoms with E-state index in [0.717, 1.165) is 60.6 Å². The first-order valence-corrected chi connectivity index (χ1v) is 12.0. The van der Waals surface area contributed by atoms with Gasteiger partial charge in [-0.2, -0.15) is 5.10 Å². The third-order valence-corrected chi connectivity index (χ3v) is 6.69. The number of anilines is 1. The van der Waals surface area contributed by atoms with E-state index in [0.29, 0.717) is 22.6 Å². The van der Waals surface area contributed by atoms with Crippen LogP contribution in [-0.2, 0) is 6.54 Å². The van der Waals surface area contributed by atoms with Crippen molar-refractivity contribution in [1.29, 1.82) is 0 Å². The maximum absolute atomic E-state index is 15.2. The Bertz CT molecular complexity index is 1550. The number of nitrogens with zero attached hydrogens (tertiary/aromatic N) is 7. The van der Waals surface area contributed by atoms with Crippen LogP contribution in [0, 0.1) is 5.82 Å². The van der Waals surface area contributed by atoms with Gasteiger partial charge in [-0.05, 0) is 56.5 Å². The predicted molar refractivity (Wildman–Crippen MR) is 139 cm³/mol. The van der Waals surface area contributed by atoms with Gasteiger partial charge in [0.15, 0.2) is 17.3 Å². The van der Waals surface area contributed by atoms with Crippen LogP contribution in [0.1, 0.15) is 5.56 Å². The number of likely N-dealkylation sites (N-methyl/N-ethyl adjacent to an activating group) is 1. The molecule has 0 bridgehead atoms. The summed E-state index contributed by atoms with van der Waals surface area (Å²) in [6, 6.07) is 7.51. The highest BCUT2D eigenvalue weighted by Crippen LogP contribution is 2.33. The molecule has 0 spiro atoms. The number of nitrogens with one attached hydrogen (secondary N) is 2. The number of piperazine rings is 1. The van der Waals surface area contributed by atoms with Crippen molar-refractivity contribution >= 4 is 27.8 Å². The van der Waals surface area contributed by atoms with Gasteiger partial charge < -0.3 is 19.7 Å². The molecule has 4 aromatic heterocycles. The summed E-state index contributed by atoms with van der Waals surface area (Å²) in [6.45, 7) is 4.63. The van der Waals surface area contributed by atoms with Gasteiger partial charge in [-0.15, -0.1) is 0 Å². The van der Waals surface area contributed by atoms with Crippen molar-refractivity contribution in [2.75, 3.05) is 52.2 Å². The summed E-state index contributed by atoms with van der Waals surface area (Å²) in [5.41, 5.74) is 6.13. The molecule has 9 nitrogen and oxygen atoms in total. The third kappa shape index (κ3) is 4.08. The molecule has 10 heteroatoms. The number of fused-ring (bicyclic) bond motifs is 2. The fraction of sp³-hybridized carbons (Fsp3) is 0.308. The van der Waals surface area contributed by atoms with Crippen molar-refractivity contribution in [3.05, 3.63) is 54.2 Å². The van der Waals surface area contributed by atoms with Crippen molar-refractivity contribution < 1.29 is 4.39 Å². The lowest BCUT2D eigenvalue weighted by Gasteiger charge is -2.34. The van der Waals surface area contributed by atoms with E-state index in [4.69, 9.17) is 4.98 Å². The van der Waals surface area contributed by atoms with E-state index >= 15 is 4.39 Å². The fourth-order valence-corrected chi connectivity index (χ4v) is 4.85. The lowest BCUT2D eigenvalue weighted by molar-refractivity contribution is 0.313. The van der Waals surface area contributed by atoms with Crippen LogP contribution in [0.3, 0.4) is 0 Å². The molecule has 0 aliphatic carbocycles. The van der Waals surface area contributed by atoms with Crippen LogP contribution in [0.5, 0.6) is 0 Å². The van der Waals surface area contributed by atoms with Crippen LogP contribution in [0.4, 0.5) is 10.1 Å². The Hall–Kier alpha value is -3.89. The maximum atomic E-state index is 15.2.